The monoisotopic (exact) mass is 575 g/mol. The van der Waals surface area contributed by atoms with Crippen LogP contribution in [0, 0.1) is 5.92 Å². The van der Waals surface area contributed by atoms with Crippen molar-refractivity contribution < 1.29 is 39.4 Å². The summed E-state index contributed by atoms with van der Waals surface area (Å²) in [5.74, 6) is -0.739. The van der Waals surface area contributed by atoms with Gasteiger partial charge in [-0.1, -0.05) is 0 Å². The minimum atomic E-state index is -1.38. The molecule has 15 heteroatoms. The molecule has 1 aliphatic carbocycles. The normalized spacial score (nSPS) is 41.1. The number of ether oxygens (including phenoxy) is 3. The maximum absolute atomic E-state index is 12.7. The van der Waals surface area contributed by atoms with Crippen LogP contribution >= 0.6 is 0 Å². The largest absolute Gasteiger partial charge is 0.492 e. The summed E-state index contributed by atoms with van der Waals surface area (Å²) in [4.78, 5) is 12.7. The lowest BCUT2D eigenvalue weighted by Crippen LogP contribution is -2.69. The van der Waals surface area contributed by atoms with Gasteiger partial charge in [0.25, 0.3) is 0 Å². The average molecular weight is 576 g/mol. The molecule has 15 nitrogen and oxygen atoms in total. The van der Waals surface area contributed by atoms with Crippen LogP contribution in [0.1, 0.15) is 26.2 Å². The van der Waals surface area contributed by atoms with Crippen molar-refractivity contribution in [1.29, 1.82) is 0 Å². The van der Waals surface area contributed by atoms with E-state index in [1.54, 1.807) is 7.05 Å². The molecule has 3 rings (SSSR count). The summed E-state index contributed by atoms with van der Waals surface area (Å²) in [5, 5.41) is 52.3. The fourth-order valence-corrected chi connectivity index (χ4v) is 5.84. The maximum atomic E-state index is 12.7. The first-order chi connectivity index (χ1) is 18.9. The Hall–Kier alpha value is -1.47. The number of carbonyl (C=O) groups is 1. The van der Waals surface area contributed by atoms with Gasteiger partial charge in [-0.3, -0.25) is 4.79 Å². The fourth-order valence-electron chi connectivity index (χ4n) is 5.84. The number of aliphatic hydroxyl groups is 4. The summed E-state index contributed by atoms with van der Waals surface area (Å²) < 4.78 is 18.0. The third kappa shape index (κ3) is 7.67. The average Bonchev–Trinajstić information content (AvgIpc) is 2.89. The molecule has 1 unspecified atom stereocenters. The topological polar surface area (TPSA) is 266 Å². The minimum absolute atomic E-state index is 0.0444. The second-order valence-electron chi connectivity index (χ2n) is 11.2. The first kappa shape index (κ1) is 33.0. The molecular formula is C25H49N7O8. The van der Waals surface area contributed by atoms with Gasteiger partial charge in [-0.25, -0.2) is 0 Å². The van der Waals surface area contributed by atoms with Crippen molar-refractivity contribution in [3.63, 3.8) is 0 Å². The van der Waals surface area contributed by atoms with Crippen molar-refractivity contribution in [2.75, 3.05) is 39.8 Å². The van der Waals surface area contributed by atoms with Gasteiger partial charge in [0.15, 0.2) is 6.29 Å². The number of carbonyl (C=O) groups excluding carboxylic acids is 1. The van der Waals surface area contributed by atoms with Crippen molar-refractivity contribution in [2.24, 2.45) is 28.9 Å². The highest BCUT2D eigenvalue weighted by Crippen LogP contribution is 2.36. The Kier molecular flexibility index (Phi) is 12.1. The molecule has 0 bridgehead atoms. The smallest absolute Gasteiger partial charge is 0.249 e. The molecule has 1 amide bonds. The molecule has 2 fully saturated rings. The zero-order valence-electron chi connectivity index (χ0n) is 23.3. The Morgan fingerprint density at radius 2 is 1.95 bits per heavy atom. The fraction of sp³-hybridized carbons (Fsp3) is 0.880. The number of amides is 1. The van der Waals surface area contributed by atoms with Crippen LogP contribution in [0.5, 0.6) is 0 Å². The maximum Gasteiger partial charge on any atom is 0.249 e. The van der Waals surface area contributed by atoms with Crippen molar-refractivity contribution in [3.8, 4) is 0 Å². The number of hydrogen-bond donors (Lipinski definition) is 11. The van der Waals surface area contributed by atoms with E-state index in [1.807, 2.05) is 6.08 Å². The van der Waals surface area contributed by atoms with Gasteiger partial charge in [0, 0.05) is 31.1 Å². The van der Waals surface area contributed by atoms with Gasteiger partial charge in [0.1, 0.15) is 35.8 Å². The van der Waals surface area contributed by atoms with Crippen molar-refractivity contribution in [1.82, 2.24) is 16.0 Å². The molecular weight excluding hydrogens is 526 g/mol. The van der Waals surface area contributed by atoms with Crippen LogP contribution in [0.3, 0.4) is 0 Å². The van der Waals surface area contributed by atoms with E-state index in [9.17, 15) is 25.2 Å². The number of nitrogens with two attached hydrogens (primary N) is 4. The number of hydrogen-bond acceptors (Lipinski definition) is 14. The van der Waals surface area contributed by atoms with E-state index >= 15 is 0 Å². The zero-order valence-corrected chi connectivity index (χ0v) is 23.3. The molecule has 0 aromatic rings. The third-order valence-corrected chi connectivity index (χ3v) is 7.98. The molecule has 2 aliphatic heterocycles. The van der Waals surface area contributed by atoms with E-state index in [4.69, 9.17) is 37.1 Å². The number of nitrogens with one attached hydrogen (secondary N) is 3. The standard InChI is InChI=1S/C25H49N7O8/c1-25(37)11-38-24(19(35)22(25)30-2)40-21-15(32-23(36)16(33)5-6-26)9-14(29)17(18(21)34)20-13(28)4-3-12(39-20)10-31-8-7-27/h3,13-22,24,30-31,33-35,37H,4-11,26-29H2,1-2H3,(H,32,36)/t13-,14+,15-,16+,17?,18+,19-,20+,21+,22-,24-,25+/m1/s1. The van der Waals surface area contributed by atoms with Crippen LogP contribution in [-0.2, 0) is 19.0 Å². The molecule has 40 heavy (non-hydrogen) atoms. The van der Waals surface area contributed by atoms with E-state index in [0.29, 0.717) is 31.8 Å². The number of aliphatic hydroxyl groups excluding tert-OH is 3. The minimum Gasteiger partial charge on any atom is -0.492 e. The van der Waals surface area contributed by atoms with Gasteiger partial charge in [0.05, 0.1) is 31.3 Å². The summed E-state index contributed by atoms with van der Waals surface area (Å²) in [5.41, 5.74) is 22.7. The molecule has 0 aromatic carbocycles. The van der Waals surface area contributed by atoms with Crippen molar-refractivity contribution in [3.05, 3.63) is 11.8 Å². The predicted molar refractivity (Wildman–Crippen MR) is 145 cm³/mol. The predicted octanol–water partition coefficient (Wildman–Crippen LogP) is -5.12. The molecule has 12 atom stereocenters. The molecule has 0 spiro atoms. The van der Waals surface area contributed by atoms with Crippen LogP contribution in [0.4, 0.5) is 0 Å². The Morgan fingerprint density at radius 1 is 1.23 bits per heavy atom. The summed E-state index contributed by atoms with van der Waals surface area (Å²) in [6.45, 7) is 2.97. The molecule has 0 aromatic heterocycles. The Balaban J connectivity index is 1.85. The lowest BCUT2D eigenvalue weighted by atomic mass is 9.72. The van der Waals surface area contributed by atoms with Gasteiger partial charge in [-0.2, -0.15) is 0 Å². The first-order valence-corrected chi connectivity index (χ1v) is 13.9. The highest BCUT2D eigenvalue weighted by molar-refractivity contribution is 5.80. The van der Waals surface area contributed by atoms with Gasteiger partial charge in [-0.05, 0) is 45.9 Å². The molecule has 3 aliphatic rings. The summed E-state index contributed by atoms with van der Waals surface area (Å²) in [6, 6.07) is -2.79. The lowest BCUT2D eigenvalue weighted by Gasteiger charge is -2.50. The summed E-state index contributed by atoms with van der Waals surface area (Å²) in [6.07, 6.45) is -4.44. The molecule has 2 heterocycles. The van der Waals surface area contributed by atoms with E-state index in [2.05, 4.69) is 16.0 Å². The second-order valence-corrected chi connectivity index (χ2v) is 11.2. The van der Waals surface area contributed by atoms with Crippen molar-refractivity contribution in [2.45, 2.75) is 92.8 Å². The van der Waals surface area contributed by atoms with E-state index < -0.39 is 78.4 Å². The zero-order chi connectivity index (χ0) is 29.6. The van der Waals surface area contributed by atoms with Crippen LogP contribution in [0.25, 0.3) is 0 Å². The SMILES string of the molecule is CN[C@@H]1[C@@H](O)[C@@H](O[C@H]2[C@H](NC(=O)[C@@H](O)CCN)C[C@H](N)C([C@H]3OC(CNCCN)=CC[C@H]3N)[C@@H]2O)OC[C@]1(C)O. The first-order valence-electron chi connectivity index (χ1n) is 13.9. The molecule has 232 valence electrons. The summed E-state index contributed by atoms with van der Waals surface area (Å²) in [7, 11) is 1.59. The Bertz CT molecular complexity index is 852. The van der Waals surface area contributed by atoms with E-state index in [-0.39, 0.29) is 26.0 Å². The molecule has 0 radical (unpaired) electrons. The van der Waals surface area contributed by atoms with Gasteiger partial charge < -0.3 is 73.5 Å². The lowest BCUT2D eigenvalue weighted by molar-refractivity contribution is -0.297. The van der Waals surface area contributed by atoms with Gasteiger partial charge in [-0.15, -0.1) is 0 Å². The highest BCUT2D eigenvalue weighted by Gasteiger charge is 2.53. The Labute approximate surface area is 234 Å². The van der Waals surface area contributed by atoms with Gasteiger partial charge >= 0.3 is 0 Å². The molecule has 1 saturated heterocycles. The molecule has 15 N–H and O–H groups in total. The van der Waals surface area contributed by atoms with Crippen LogP contribution in [0.15, 0.2) is 11.8 Å². The Morgan fingerprint density at radius 3 is 2.60 bits per heavy atom. The number of likely N-dealkylation sites (N-methyl/N-ethyl adjacent to an activating group) is 1. The second kappa shape index (κ2) is 14.6. The molecule has 1 saturated carbocycles. The third-order valence-electron chi connectivity index (χ3n) is 7.98. The van der Waals surface area contributed by atoms with Crippen molar-refractivity contribution >= 4 is 5.91 Å². The highest BCUT2D eigenvalue weighted by atomic mass is 16.7. The van der Waals surface area contributed by atoms with Crippen LogP contribution < -0.4 is 38.9 Å². The van der Waals surface area contributed by atoms with E-state index in [0.717, 1.165) is 0 Å². The van der Waals surface area contributed by atoms with Crippen LogP contribution in [-0.4, -0.2) is 133 Å². The van der Waals surface area contributed by atoms with Crippen LogP contribution in [0.2, 0.25) is 0 Å². The quantitative estimate of drug-likeness (QED) is 0.0972. The number of rotatable bonds is 12. The van der Waals surface area contributed by atoms with E-state index in [1.165, 1.54) is 6.92 Å². The van der Waals surface area contributed by atoms with Gasteiger partial charge in [0.2, 0.25) is 5.91 Å². The summed E-state index contributed by atoms with van der Waals surface area (Å²) >= 11 is 0.